The highest BCUT2D eigenvalue weighted by Gasteiger charge is 2.24. The topological polar surface area (TPSA) is 63.3 Å². The minimum atomic E-state index is 0.443. The van der Waals surface area contributed by atoms with Gasteiger partial charge in [0.1, 0.15) is 0 Å². The second-order valence-corrected chi connectivity index (χ2v) is 5.76. The average Bonchev–Trinajstić information content (AvgIpc) is 2.49. The Labute approximate surface area is 121 Å². The Morgan fingerprint density at radius 2 is 1.60 bits per heavy atom. The second-order valence-electron chi connectivity index (χ2n) is 5.76. The quantitative estimate of drug-likeness (QED) is 0.581. The van der Waals surface area contributed by atoms with Crippen LogP contribution in [0.25, 0.3) is 0 Å². The van der Waals surface area contributed by atoms with Crippen LogP contribution in [-0.4, -0.2) is 81.0 Å². The van der Waals surface area contributed by atoms with Gasteiger partial charge in [-0.2, -0.15) is 0 Å². The first-order valence-electron chi connectivity index (χ1n) is 7.63. The van der Waals surface area contributed by atoms with Gasteiger partial charge in [0.25, 0.3) is 0 Å². The monoisotopic (exact) mass is 284 g/mol. The van der Waals surface area contributed by atoms with Crippen molar-refractivity contribution < 1.29 is 9.47 Å². The molecule has 2 fully saturated rings. The molecule has 0 aromatic carbocycles. The molecule has 0 bridgehead atoms. The molecule has 116 valence electrons. The van der Waals surface area contributed by atoms with Crippen molar-refractivity contribution in [3.05, 3.63) is 0 Å². The van der Waals surface area contributed by atoms with Gasteiger partial charge < -0.3 is 20.1 Å². The van der Waals surface area contributed by atoms with Gasteiger partial charge in [-0.15, -0.1) is 0 Å². The van der Waals surface area contributed by atoms with Crippen LogP contribution in [0.5, 0.6) is 0 Å². The number of hydrogen-bond donors (Lipinski definition) is 1. The van der Waals surface area contributed by atoms with Crippen LogP contribution in [0.3, 0.4) is 0 Å². The van der Waals surface area contributed by atoms with E-state index in [2.05, 4.69) is 28.6 Å². The first-order chi connectivity index (χ1) is 9.68. The fraction of sp³-hybridized carbons (Fsp3) is 0.929. The summed E-state index contributed by atoms with van der Waals surface area (Å²) in [6.07, 6.45) is 0. The highest BCUT2D eigenvalue weighted by molar-refractivity contribution is 5.78. The van der Waals surface area contributed by atoms with Crippen molar-refractivity contribution in [3.8, 4) is 0 Å². The van der Waals surface area contributed by atoms with Crippen molar-refractivity contribution in [2.24, 2.45) is 16.6 Å². The maximum Gasteiger partial charge on any atom is 0.191 e. The number of morpholine rings is 2. The molecule has 2 aliphatic heterocycles. The molecule has 0 saturated carbocycles. The summed E-state index contributed by atoms with van der Waals surface area (Å²) in [5.74, 6) is 1.22. The summed E-state index contributed by atoms with van der Waals surface area (Å²) in [4.78, 5) is 9.21. The average molecular weight is 284 g/mol. The van der Waals surface area contributed by atoms with E-state index < -0.39 is 0 Å². The van der Waals surface area contributed by atoms with Crippen LogP contribution in [-0.2, 0) is 9.47 Å². The highest BCUT2D eigenvalue weighted by atomic mass is 16.5. The zero-order chi connectivity index (χ0) is 14.4. The van der Waals surface area contributed by atoms with Gasteiger partial charge in [0.05, 0.1) is 33.0 Å². The van der Waals surface area contributed by atoms with E-state index in [1.54, 1.807) is 0 Å². The number of ether oxygens (including phenoxy) is 2. The van der Waals surface area contributed by atoms with Crippen LogP contribution >= 0.6 is 0 Å². The molecule has 2 saturated heterocycles. The normalized spacial score (nSPS) is 24.1. The van der Waals surface area contributed by atoms with Crippen molar-refractivity contribution in [2.45, 2.75) is 19.9 Å². The lowest BCUT2D eigenvalue weighted by Gasteiger charge is -2.36. The van der Waals surface area contributed by atoms with Crippen molar-refractivity contribution >= 4 is 5.96 Å². The number of nitrogens with two attached hydrogens (primary N) is 1. The van der Waals surface area contributed by atoms with Crippen LogP contribution in [0, 0.1) is 5.92 Å². The van der Waals surface area contributed by atoms with E-state index in [4.69, 9.17) is 15.2 Å². The molecule has 2 aliphatic rings. The molecule has 6 heteroatoms. The van der Waals surface area contributed by atoms with E-state index in [1.165, 1.54) is 0 Å². The van der Waals surface area contributed by atoms with E-state index in [0.29, 0.717) is 17.9 Å². The third kappa shape index (κ3) is 4.33. The Kier molecular flexibility index (Phi) is 6.06. The van der Waals surface area contributed by atoms with Crippen molar-refractivity contribution in [2.75, 3.05) is 59.2 Å². The molecule has 2 rings (SSSR count). The standard InChI is InChI=1S/C14H28N4O2/c1-12(2)13(17-3-7-19-8-4-17)11-16-14(15)18-5-9-20-10-6-18/h12-13H,3-11H2,1-2H3,(H2,15,16). The molecule has 0 aliphatic carbocycles. The van der Waals surface area contributed by atoms with Gasteiger partial charge >= 0.3 is 0 Å². The molecule has 2 N–H and O–H groups in total. The maximum absolute atomic E-state index is 6.10. The van der Waals surface area contributed by atoms with Crippen molar-refractivity contribution in [1.82, 2.24) is 9.80 Å². The van der Waals surface area contributed by atoms with E-state index in [0.717, 1.165) is 59.2 Å². The fourth-order valence-corrected chi connectivity index (χ4v) is 2.74. The van der Waals surface area contributed by atoms with Crippen LogP contribution < -0.4 is 5.73 Å². The second kappa shape index (κ2) is 7.81. The van der Waals surface area contributed by atoms with Gasteiger partial charge in [0, 0.05) is 32.2 Å². The lowest BCUT2D eigenvalue weighted by Crippen LogP contribution is -2.49. The van der Waals surface area contributed by atoms with Crippen LogP contribution in [0.2, 0.25) is 0 Å². The van der Waals surface area contributed by atoms with Gasteiger partial charge in [-0.1, -0.05) is 13.8 Å². The van der Waals surface area contributed by atoms with Gasteiger partial charge in [0.15, 0.2) is 5.96 Å². The molecule has 2 heterocycles. The molecule has 0 spiro atoms. The molecular weight excluding hydrogens is 256 g/mol. The number of aliphatic imine (C=N–C) groups is 1. The highest BCUT2D eigenvalue weighted by Crippen LogP contribution is 2.13. The molecule has 0 aromatic heterocycles. The van der Waals surface area contributed by atoms with Crippen LogP contribution in [0.15, 0.2) is 4.99 Å². The van der Waals surface area contributed by atoms with E-state index in [9.17, 15) is 0 Å². The Hall–Kier alpha value is -0.850. The van der Waals surface area contributed by atoms with Gasteiger partial charge in [-0.3, -0.25) is 9.89 Å². The van der Waals surface area contributed by atoms with Gasteiger partial charge in [-0.25, -0.2) is 0 Å². The Balaban J connectivity index is 1.89. The fourth-order valence-electron chi connectivity index (χ4n) is 2.74. The lowest BCUT2D eigenvalue weighted by atomic mass is 10.0. The summed E-state index contributed by atoms with van der Waals surface area (Å²) >= 11 is 0. The predicted octanol–water partition coefficient (Wildman–Crippen LogP) is -0.00990. The van der Waals surface area contributed by atoms with Crippen molar-refractivity contribution in [1.29, 1.82) is 0 Å². The number of rotatable bonds is 4. The predicted molar refractivity (Wildman–Crippen MR) is 79.9 cm³/mol. The Morgan fingerprint density at radius 1 is 1.05 bits per heavy atom. The first kappa shape index (κ1) is 15.5. The third-order valence-corrected chi connectivity index (χ3v) is 4.06. The maximum atomic E-state index is 6.10. The summed E-state index contributed by atoms with van der Waals surface area (Å²) < 4.78 is 10.8. The third-order valence-electron chi connectivity index (χ3n) is 4.06. The van der Waals surface area contributed by atoms with Gasteiger partial charge in [0.2, 0.25) is 0 Å². The van der Waals surface area contributed by atoms with E-state index in [-0.39, 0.29) is 0 Å². The molecule has 1 atom stereocenters. The molecule has 0 aromatic rings. The first-order valence-corrected chi connectivity index (χ1v) is 7.63. The Morgan fingerprint density at radius 3 is 2.15 bits per heavy atom. The molecule has 1 unspecified atom stereocenters. The largest absolute Gasteiger partial charge is 0.379 e. The lowest BCUT2D eigenvalue weighted by molar-refractivity contribution is 0.00856. The van der Waals surface area contributed by atoms with Crippen molar-refractivity contribution in [3.63, 3.8) is 0 Å². The smallest absolute Gasteiger partial charge is 0.191 e. The number of nitrogens with zero attached hydrogens (tertiary/aromatic N) is 3. The molecular formula is C14H28N4O2. The van der Waals surface area contributed by atoms with E-state index >= 15 is 0 Å². The SMILES string of the molecule is CC(C)C(CN=C(N)N1CCOCC1)N1CCOCC1. The zero-order valence-electron chi connectivity index (χ0n) is 12.8. The van der Waals surface area contributed by atoms with Crippen LogP contribution in [0.4, 0.5) is 0 Å². The minimum Gasteiger partial charge on any atom is -0.379 e. The molecule has 0 amide bonds. The summed E-state index contributed by atoms with van der Waals surface area (Å²) in [5.41, 5.74) is 6.10. The molecule has 0 radical (unpaired) electrons. The van der Waals surface area contributed by atoms with E-state index in [1.807, 2.05) is 0 Å². The summed E-state index contributed by atoms with van der Waals surface area (Å²) in [6, 6.07) is 0.443. The van der Waals surface area contributed by atoms with Gasteiger partial charge in [-0.05, 0) is 5.92 Å². The molecule has 20 heavy (non-hydrogen) atoms. The minimum absolute atomic E-state index is 0.443. The number of hydrogen-bond acceptors (Lipinski definition) is 4. The molecule has 6 nitrogen and oxygen atoms in total. The summed E-state index contributed by atoms with van der Waals surface area (Å²) in [7, 11) is 0. The van der Waals surface area contributed by atoms with Crippen LogP contribution in [0.1, 0.15) is 13.8 Å². The Bertz CT molecular complexity index is 310. The summed E-state index contributed by atoms with van der Waals surface area (Å²) in [6.45, 7) is 12.1. The summed E-state index contributed by atoms with van der Waals surface area (Å²) in [5, 5.41) is 0. The number of guanidine groups is 1. The zero-order valence-corrected chi connectivity index (χ0v) is 12.8.